The van der Waals surface area contributed by atoms with Crippen LogP contribution < -0.4 is 0 Å². The molecule has 0 unspecified atom stereocenters. The number of halogens is 1. The first kappa shape index (κ1) is 6.97. The SMILES string of the molecule is Fc1ccn(-c2ccccn2)n1. The van der Waals surface area contributed by atoms with Crippen molar-refractivity contribution in [2.75, 3.05) is 0 Å². The minimum absolute atomic E-state index is 0.499. The van der Waals surface area contributed by atoms with Gasteiger partial charge in [0.15, 0.2) is 5.82 Å². The van der Waals surface area contributed by atoms with Crippen LogP contribution in [0.3, 0.4) is 0 Å². The molecule has 0 spiro atoms. The first-order valence-electron chi connectivity index (χ1n) is 3.49. The summed E-state index contributed by atoms with van der Waals surface area (Å²) in [6.07, 6.45) is 3.16. The predicted octanol–water partition coefficient (Wildman–Crippen LogP) is 1.41. The zero-order chi connectivity index (χ0) is 8.39. The zero-order valence-electron chi connectivity index (χ0n) is 6.18. The molecule has 0 saturated carbocycles. The predicted molar refractivity (Wildman–Crippen MR) is 41.3 cm³/mol. The highest BCUT2D eigenvalue weighted by molar-refractivity contribution is 5.19. The number of hydrogen-bond donors (Lipinski definition) is 0. The van der Waals surface area contributed by atoms with Gasteiger partial charge in [0.2, 0.25) is 5.95 Å². The van der Waals surface area contributed by atoms with Crippen molar-refractivity contribution >= 4 is 0 Å². The van der Waals surface area contributed by atoms with Crippen molar-refractivity contribution in [2.24, 2.45) is 0 Å². The third-order valence-electron chi connectivity index (χ3n) is 1.44. The van der Waals surface area contributed by atoms with Crippen LogP contribution >= 0.6 is 0 Å². The van der Waals surface area contributed by atoms with E-state index in [0.29, 0.717) is 5.82 Å². The Morgan fingerprint density at radius 3 is 2.75 bits per heavy atom. The van der Waals surface area contributed by atoms with E-state index in [-0.39, 0.29) is 0 Å². The second-order valence-corrected chi connectivity index (χ2v) is 2.27. The summed E-state index contributed by atoms with van der Waals surface area (Å²) in [7, 11) is 0. The van der Waals surface area contributed by atoms with Crippen LogP contribution in [0.4, 0.5) is 4.39 Å². The molecule has 0 aliphatic carbocycles. The van der Waals surface area contributed by atoms with Crippen LogP contribution in [0.1, 0.15) is 0 Å². The summed E-state index contributed by atoms with van der Waals surface area (Å²) in [5, 5.41) is 3.57. The topological polar surface area (TPSA) is 30.7 Å². The van der Waals surface area contributed by atoms with Gasteiger partial charge in [-0.1, -0.05) is 6.07 Å². The van der Waals surface area contributed by atoms with E-state index < -0.39 is 5.95 Å². The summed E-state index contributed by atoms with van der Waals surface area (Å²) in [5.74, 6) is 0.113. The summed E-state index contributed by atoms with van der Waals surface area (Å²) < 4.78 is 13.8. The molecule has 0 aliphatic rings. The highest BCUT2D eigenvalue weighted by atomic mass is 19.1. The standard InChI is InChI=1S/C8H6FN3/c9-7-4-6-12(11-7)8-3-1-2-5-10-8/h1-6H. The molecule has 2 aromatic rings. The second kappa shape index (κ2) is 2.73. The second-order valence-electron chi connectivity index (χ2n) is 2.27. The smallest absolute Gasteiger partial charge is 0.233 e. The van der Waals surface area contributed by atoms with Gasteiger partial charge < -0.3 is 0 Å². The van der Waals surface area contributed by atoms with Crippen LogP contribution in [-0.4, -0.2) is 14.8 Å². The van der Waals surface area contributed by atoms with E-state index in [2.05, 4.69) is 10.1 Å². The normalized spacial score (nSPS) is 10.1. The maximum atomic E-state index is 12.5. The number of hydrogen-bond acceptors (Lipinski definition) is 2. The Balaban J connectivity index is 2.45. The highest BCUT2D eigenvalue weighted by Crippen LogP contribution is 2.01. The number of nitrogens with zero attached hydrogens (tertiary/aromatic N) is 3. The van der Waals surface area contributed by atoms with E-state index in [0.717, 1.165) is 0 Å². The maximum Gasteiger partial charge on any atom is 0.233 e. The Morgan fingerprint density at radius 2 is 2.17 bits per heavy atom. The minimum atomic E-state index is -0.499. The third-order valence-corrected chi connectivity index (χ3v) is 1.44. The molecule has 0 amide bonds. The number of aromatic nitrogens is 3. The average Bonchev–Trinajstić information content (AvgIpc) is 2.54. The molecule has 2 rings (SSSR count). The largest absolute Gasteiger partial charge is 0.237 e. The Labute approximate surface area is 68.5 Å². The fourth-order valence-corrected chi connectivity index (χ4v) is 0.919. The number of rotatable bonds is 1. The van der Waals surface area contributed by atoms with Crippen molar-refractivity contribution in [1.29, 1.82) is 0 Å². The van der Waals surface area contributed by atoms with E-state index in [9.17, 15) is 4.39 Å². The van der Waals surface area contributed by atoms with Crippen LogP contribution in [0.25, 0.3) is 5.82 Å². The fourth-order valence-electron chi connectivity index (χ4n) is 0.919. The molecule has 60 valence electrons. The molecule has 2 heterocycles. The number of pyridine rings is 1. The summed E-state index contributed by atoms with van der Waals surface area (Å²) in [5.41, 5.74) is 0. The lowest BCUT2D eigenvalue weighted by molar-refractivity contribution is 0.564. The molecule has 3 nitrogen and oxygen atoms in total. The van der Waals surface area contributed by atoms with Gasteiger partial charge in [0.25, 0.3) is 0 Å². The van der Waals surface area contributed by atoms with Gasteiger partial charge in [0.1, 0.15) is 0 Å². The summed E-state index contributed by atoms with van der Waals surface area (Å²) in [6.45, 7) is 0. The third kappa shape index (κ3) is 1.18. The van der Waals surface area contributed by atoms with Gasteiger partial charge in [-0.25, -0.2) is 9.67 Å². The van der Waals surface area contributed by atoms with Crippen molar-refractivity contribution in [2.45, 2.75) is 0 Å². The molecule has 4 heteroatoms. The molecule has 0 fully saturated rings. The van der Waals surface area contributed by atoms with Crippen LogP contribution in [0.5, 0.6) is 0 Å². The van der Waals surface area contributed by atoms with Crippen LogP contribution in [0.2, 0.25) is 0 Å². The lowest BCUT2D eigenvalue weighted by atomic mass is 10.5. The monoisotopic (exact) mass is 163 g/mol. The molecule has 0 N–H and O–H groups in total. The molecule has 2 aromatic heterocycles. The Morgan fingerprint density at radius 1 is 1.25 bits per heavy atom. The van der Waals surface area contributed by atoms with Crippen LogP contribution in [0.15, 0.2) is 36.7 Å². The molecular formula is C8H6FN3. The van der Waals surface area contributed by atoms with Crippen molar-refractivity contribution in [3.63, 3.8) is 0 Å². The van der Waals surface area contributed by atoms with E-state index in [1.165, 1.54) is 16.9 Å². The van der Waals surface area contributed by atoms with E-state index in [4.69, 9.17) is 0 Å². The average molecular weight is 163 g/mol. The Bertz CT molecular complexity index is 369. The molecule has 0 aliphatic heterocycles. The first-order valence-corrected chi connectivity index (χ1v) is 3.49. The lowest BCUT2D eigenvalue weighted by Crippen LogP contribution is -1.97. The van der Waals surface area contributed by atoms with E-state index >= 15 is 0 Å². The highest BCUT2D eigenvalue weighted by Gasteiger charge is 1.98. The van der Waals surface area contributed by atoms with E-state index in [1.807, 2.05) is 6.07 Å². The van der Waals surface area contributed by atoms with Crippen molar-refractivity contribution in [3.05, 3.63) is 42.6 Å². The Hall–Kier alpha value is -1.71. The fraction of sp³-hybridized carbons (Fsp3) is 0. The summed E-state index contributed by atoms with van der Waals surface area (Å²) in [4.78, 5) is 4.00. The van der Waals surface area contributed by atoms with Crippen molar-refractivity contribution in [1.82, 2.24) is 14.8 Å². The molecule has 12 heavy (non-hydrogen) atoms. The Kier molecular flexibility index (Phi) is 1.59. The molecule has 0 aromatic carbocycles. The maximum absolute atomic E-state index is 12.5. The van der Waals surface area contributed by atoms with Gasteiger partial charge in [-0.05, 0) is 12.1 Å². The molecular weight excluding hydrogens is 157 g/mol. The first-order chi connectivity index (χ1) is 5.86. The minimum Gasteiger partial charge on any atom is -0.237 e. The zero-order valence-corrected chi connectivity index (χ0v) is 6.18. The lowest BCUT2D eigenvalue weighted by Gasteiger charge is -1.96. The van der Waals surface area contributed by atoms with Crippen molar-refractivity contribution in [3.8, 4) is 5.82 Å². The van der Waals surface area contributed by atoms with Gasteiger partial charge in [-0.2, -0.15) is 4.39 Å². The van der Waals surface area contributed by atoms with Gasteiger partial charge in [-0.15, -0.1) is 5.10 Å². The quantitative estimate of drug-likeness (QED) is 0.636. The van der Waals surface area contributed by atoms with E-state index in [1.54, 1.807) is 18.3 Å². The molecule has 0 saturated heterocycles. The molecule has 0 radical (unpaired) electrons. The summed E-state index contributed by atoms with van der Waals surface area (Å²) in [6, 6.07) is 6.66. The molecule has 0 bridgehead atoms. The van der Waals surface area contributed by atoms with Gasteiger partial charge in [0, 0.05) is 18.5 Å². The van der Waals surface area contributed by atoms with Crippen LogP contribution in [-0.2, 0) is 0 Å². The molecule has 0 atom stereocenters. The van der Waals surface area contributed by atoms with Gasteiger partial charge in [-0.3, -0.25) is 0 Å². The van der Waals surface area contributed by atoms with Gasteiger partial charge in [0.05, 0.1) is 0 Å². The van der Waals surface area contributed by atoms with Gasteiger partial charge >= 0.3 is 0 Å². The van der Waals surface area contributed by atoms with Crippen molar-refractivity contribution < 1.29 is 4.39 Å². The van der Waals surface area contributed by atoms with Crippen LogP contribution in [0, 0.1) is 5.95 Å². The summed E-state index contributed by atoms with van der Waals surface area (Å²) >= 11 is 0.